The SMILES string of the molecule is COC(=O)c1sc(NC(=O)c2cc3n(n2)C(C(F)(F)F)CC(c2ccc(Cl)c(Cl)c2)N3)c(C(=O)OC)c1C. The number of anilines is 2. The molecule has 2 unspecified atom stereocenters. The van der Waals surface area contributed by atoms with Gasteiger partial charge in [-0.2, -0.15) is 18.3 Å². The predicted octanol–water partition coefficient (Wildman–Crippen LogP) is 6.05. The summed E-state index contributed by atoms with van der Waals surface area (Å²) in [4.78, 5) is 37.5. The first-order chi connectivity index (χ1) is 17.8. The maximum atomic E-state index is 14.0. The second-order valence-corrected chi connectivity index (χ2v) is 10.1. The second-order valence-electron chi connectivity index (χ2n) is 8.22. The number of rotatable bonds is 5. The quantitative estimate of drug-likeness (QED) is 0.348. The Kier molecular flexibility index (Phi) is 7.64. The number of nitrogens with one attached hydrogen (secondary N) is 2. The van der Waals surface area contributed by atoms with Crippen LogP contribution in [-0.2, 0) is 9.47 Å². The van der Waals surface area contributed by atoms with Crippen LogP contribution in [0.15, 0.2) is 24.3 Å². The summed E-state index contributed by atoms with van der Waals surface area (Å²) in [7, 11) is 2.28. The Morgan fingerprint density at radius 1 is 1.13 bits per heavy atom. The molecule has 4 rings (SSSR count). The third-order valence-electron chi connectivity index (χ3n) is 5.90. The number of esters is 2. The summed E-state index contributed by atoms with van der Waals surface area (Å²) < 4.78 is 52.2. The van der Waals surface area contributed by atoms with E-state index in [0.717, 1.165) is 31.6 Å². The molecule has 0 radical (unpaired) electrons. The van der Waals surface area contributed by atoms with Gasteiger partial charge in [0.15, 0.2) is 11.7 Å². The lowest BCUT2D eigenvalue weighted by molar-refractivity contribution is -0.173. The largest absolute Gasteiger partial charge is 0.465 e. The van der Waals surface area contributed by atoms with Gasteiger partial charge in [-0.25, -0.2) is 14.3 Å². The molecule has 1 amide bonds. The van der Waals surface area contributed by atoms with Crippen molar-refractivity contribution in [3.05, 3.63) is 61.6 Å². The van der Waals surface area contributed by atoms with E-state index in [1.165, 1.54) is 19.1 Å². The van der Waals surface area contributed by atoms with Gasteiger partial charge in [-0.3, -0.25) is 4.79 Å². The van der Waals surface area contributed by atoms with Gasteiger partial charge in [-0.1, -0.05) is 29.3 Å². The fraction of sp³-hybridized carbons (Fsp3) is 0.304. The molecule has 2 N–H and O–H groups in total. The predicted molar refractivity (Wildman–Crippen MR) is 134 cm³/mol. The lowest BCUT2D eigenvalue weighted by Crippen LogP contribution is -2.35. The summed E-state index contributed by atoms with van der Waals surface area (Å²) in [6.45, 7) is 1.47. The number of carbonyl (C=O) groups excluding carboxylic acids is 3. The van der Waals surface area contributed by atoms with Crippen LogP contribution in [0.3, 0.4) is 0 Å². The van der Waals surface area contributed by atoms with Crippen molar-refractivity contribution in [1.82, 2.24) is 9.78 Å². The van der Waals surface area contributed by atoms with Crippen molar-refractivity contribution in [3.8, 4) is 0 Å². The van der Waals surface area contributed by atoms with Crippen LogP contribution in [0.4, 0.5) is 24.0 Å². The molecule has 3 heterocycles. The number of benzene rings is 1. The monoisotopic (exact) mass is 590 g/mol. The lowest BCUT2D eigenvalue weighted by atomic mass is 9.97. The Morgan fingerprint density at radius 2 is 1.82 bits per heavy atom. The second kappa shape index (κ2) is 10.5. The highest BCUT2D eigenvalue weighted by Crippen LogP contribution is 2.44. The van der Waals surface area contributed by atoms with Crippen molar-refractivity contribution < 1.29 is 37.0 Å². The number of fused-ring (bicyclic) bond motifs is 1. The van der Waals surface area contributed by atoms with Crippen molar-refractivity contribution in [2.24, 2.45) is 0 Å². The Labute approximate surface area is 227 Å². The number of amides is 1. The number of hydrogen-bond acceptors (Lipinski definition) is 8. The molecule has 38 heavy (non-hydrogen) atoms. The molecule has 0 bridgehead atoms. The van der Waals surface area contributed by atoms with Crippen LogP contribution in [0.25, 0.3) is 0 Å². The average molecular weight is 591 g/mol. The van der Waals surface area contributed by atoms with Gasteiger partial charge in [-0.15, -0.1) is 11.3 Å². The Hall–Kier alpha value is -3.29. The fourth-order valence-electron chi connectivity index (χ4n) is 4.04. The van der Waals surface area contributed by atoms with E-state index in [9.17, 15) is 27.6 Å². The number of thiophene rings is 1. The highest BCUT2D eigenvalue weighted by molar-refractivity contribution is 7.18. The molecule has 0 fully saturated rings. The molecule has 2 atom stereocenters. The van der Waals surface area contributed by atoms with Crippen LogP contribution < -0.4 is 10.6 Å². The van der Waals surface area contributed by atoms with Gasteiger partial charge in [0.05, 0.1) is 35.9 Å². The third kappa shape index (κ3) is 5.18. The molecule has 2 aromatic heterocycles. The summed E-state index contributed by atoms with van der Waals surface area (Å²) >= 11 is 12.8. The van der Waals surface area contributed by atoms with E-state index in [4.69, 9.17) is 32.7 Å². The van der Waals surface area contributed by atoms with Crippen LogP contribution in [0.2, 0.25) is 10.0 Å². The Morgan fingerprint density at radius 3 is 2.42 bits per heavy atom. The van der Waals surface area contributed by atoms with E-state index in [-0.39, 0.29) is 42.6 Å². The topological polar surface area (TPSA) is 112 Å². The zero-order valence-corrected chi connectivity index (χ0v) is 22.2. The molecule has 15 heteroatoms. The molecule has 9 nitrogen and oxygen atoms in total. The highest BCUT2D eigenvalue weighted by Gasteiger charge is 2.47. The van der Waals surface area contributed by atoms with E-state index in [2.05, 4.69) is 15.7 Å². The number of hydrogen-bond donors (Lipinski definition) is 2. The van der Waals surface area contributed by atoms with Gasteiger partial charge in [0, 0.05) is 12.5 Å². The van der Waals surface area contributed by atoms with Gasteiger partial charge in [-0.05, 0) is 30.2 Å². The van der Waals surface area contributed by atoms with Gasteiger partial charge in [0.2, 0.25) is 0 Å². The van der Waals surface area contributed by atoms with Gasteiger partial charge < -0.3 is 20.1 Å². The van der Waals surface area contributed by atoms with E-state index in [0.29, 0.717) is 10.2 Å². The van der Waals surface area contributed by atoms with Crippen LogP contribution in [-0.4, -0.2) is 48.0 Å². The maximum Gasteiger partial charge on any atom is 0.410 e. The van der Waals surface area contributed by atoms with Crippen molar-refractivity contribution in [3.63, 3.8) is 0 Å². The van der Waals surface area contributed by atoms with Gasteiger partial charge in [0.1, 0.15) is 15.7 Å². The standard InChI is InChI=1S/C23H19Cl2F3N4O5S/c1-9-17(21(34)36-2)20(38-18(9)22(35)37-3)30-19(33)14-8-16-29-13(10-4-5-11(24)12(25)6-10)7-15(23(26,27)28)32(16)31-14/h4-6,8,13,15,29H,7H2,1-3H3,(H,30,33). The number of aromatic nitrogens is 2. The van der Waals surface area contributed by atoms with Crippen LogP contribution in [0.5, 0.6) is 0 Å². The molecule has 0 saturated heterocycles. The lowest BCUT2D eigenvalue weighted by Gasteiger charge is -2.33. The summed E-state index contributed by atoms with van der Waals surface area (Å²) in [5.74, 6) is -2.51. The molecule has 202 valence electrons. The van der Waals surface area contributed by atoms with E-state index < -0.39 is 42.5 Å². The summed E-state index contributed by atoms with van der Waals surface area (Å²) in [6.07, 6.45) is -5.10. The molecule has 0 saturated carbocycles. The molecule has 1 aliphatic heterocycles. The Balaban J connectivity index is 1.69. The van der Waals surface area contributed by atoms with Crippen molar-refractivity contribution >= 4 is 63.2 Å². The van der Waals surface area contributed by atoms with Crippen molar-refractivity contribution in [1.29, 1.82) is 0 Å². The number of halogens is 5. The summed E-state index contributed by atoms with van der Waals surface area (Å²) in [5.41, 5.74) is 0.259. The molecular weight excluding hydrogens is 572 g/mol. The first kappa shape index (κ1) is 27.7. The van der Waals surface area contributed by atoms with Crippen molar-refractivity contribution in [2.75, 3.05) is 24.9 Å². The van der Waals surface area contributed by atoms with E-state index in [1.807, 2.05) is 0 Å². The smallest absolute Gasteiger partial charge is 0.410 e. The first-order valence-corrected chi connectivity index (χ1v) is 12.4. The zero-order valence-electron chi connectivity index (χ0n) is 19.9. The first-order valence-electron chi connectivity index (χ1n) is 10.8. The molecule has 3 aromatic rings. The summed E-state index contributed by atoms with van der Waals surface area (Å²) in [6, 6.07) is 2.84. The number of alkyl halides is 3. The fourth-order valence-corrected chi connectivity index (χ4v) is 5.45. The molecule has 0 aliphatic carbocycles. The van der Waals surface area contributed by atoms with Crippen molar-refractivity contribution in [2.45, 2.75) is 31.6 Å². The van der Waals surface area contributed by atoms with Crippen LogP contribution in [0, 0.1) is 6.92 Å². The minimum Gasteiger partial charge on any atom is -0.465 e. The third-order valence-corrected chi connectivity index (χ3v) is 7.83. The average Bonchev–Trinajstić information content (AvgIpc) is 3.44. The Bertz CT molecular complexity index is 1440. The number of carbonyl (C=O) groups is 3. The highest BCUT2D eigenvalue weighted by atomic mass is 35.5. The van der Waals surface area contributed by atoms with Crippen LogP contribution in [0.1, 0.15) is 60.1 Å². The minimum absolute atomic E-state index is 0.0419. The van der Waals surface area contributed by atoms with Gasteiger partial charge in [0.25, 0.3) is 5.91 Å². The molecule has 1 aliphatic rings. The van der Waals surface area contributed by atoms with E-state index >= 15 is 0 Å². The minimum atomic E-state index is -4.68. The number of methoxy groups -OCH3 is 2. The van der Waals surface area contributed by atoms with Gasteiger partial charge >= 0.3 is 18.1 Å². The maximum absolute atomic E-state index is 14.0. The molecule has 1 aromatic carbocycles. The number of nitrogens with zero attached hydrogens (tertiary/aromatic N) is 2. The van der Waals surface area contributed by atoms with E-state index in [1.54, 1.807) is 6.07 Å². The molecule has 0 spiro atoms. The molecular formula is C23H19Cl2F3N4O5S. The zero-order chi connectivity index (χ0) is 27.9. The summed E-state index contributed by atoms with van der Waals surface area (Å²) in [5, 5.41) is 9.72. The normalized spacial score (nSPS) is 16.8. The van der Waals surface area contributed by atoms with Crippen LogP contribution >= 0.6 is 34.5 Å². The number of ether oxygens (including phenoxy) is 2.